The molecule has 1 aromatic carbocycles. The predicted octanol–water partition coefficient (Wildman–Crippen LogP) is 1.27. The van der Waals surface area contributed by atoms with Gasteiger partial charge in [0.15, 0.2) is 0 Å². The van der Waals surface area contributed by atoms with Crippen molar-refractivity contribution < 1.29 is 9.53 Å². The lowest BCUT2D eigenvalue weighted by Crippen LogP contribution is -2.41. The molecule has 4 heteroatoms. The molecule has 0 bridgehead atoms. The smallest absolute Gasteiger partial charge is 0.243 e. The highest BCUT2D eigenvalue weighted by molar-refractivity contribution is 5.97. The van der Waals surface area contributed by atoms with Crippen LogP contribution in [0.4, 0.5) is 5.69 Å². The molecule has 0 saturated carbocycles. The number of likely N-dealkylation sites (N-methyl/N-ethyl adjacent to an activating group) is 2. The molecule has 0 spiro atoms. The van der Waals surface area contributed by atoms with Crippen LogP contribution in [0.1, 0.15) is 6.92 Å². The Kier molecular flexibility index (Phi) is 4.31. The maximum absolute atomic E-state index is 12.0. The molecule has 16 heavy (non-hydrogen) atoms. The minimum Gasteiger partial charge on any atom is -0.495 e. The molecule has 0 aromatic heterocycles. The van der Waals surface area contributed by atoms with Crippen molar-refractivity contribution >= 4 is 11.6 Å². The summed E-state index contributed by atoms with van der Waals surface area (Å²) in [6, 6.07) is 7.24. The van der Waals surface area contributed by atoms with Gasteiger partial charge in [0.25, 0.3) is 0 Å². The van der Waals surface area contributed by atoms with E-state index in [0.717, 1.165) is 5.69 Å². The van der Waals surface area contributed by atoms with Crippen molar-refractivity contribution in [2.45, 2.75) is 13.0 Å². The SMILES string of the molecule is CNC(C)C(=O)N(C)c1ccccc1OC. The molecule has 1 unspecified atom stereocenters. The number of carbonyl (C=O) groups is 1. The Bertz CT molecular complexity index is 366. The number of benzene rings is 1. The zero-order valence-corrected chi connectivity index (χ0v) is 10.2. The lowest BCUT2D eigenvalue weighted by molar-refractivity contribution is -0.119. The summed E-state index contributed by atoms with van der Waals surface area (Å²) < 4.78 is 5.22. The van der Waals surface area contributed by atoms with Gasteiger partial charge in [0, 0.05) is 7.05 Å². The normalized spacial score (nSPS) is 12.0. The number of carbonyl (C=O) groups excluding carboxylic acids is 1. The highest BCUT2D eigenvalue weighted by Crippen LogP contribution is 2.26. The molecule has 1 aromatic rings. The van der Waals surface area contributed by atoms with Crippen molar-refractivity contribution in [2.24, 2.45) is 0 Å². The lowest BCUT2D eigenvalue weighted by Gasteiger charge is -2.22. The topological polar surface area (TPSA) is 41.6 Å². The number of rotatable bonds is 4. The summed E-state index contributed by atoms with van der Waals surface area (Å²) in [6.07, 6.45) is 0. The van der Waals surface area contributed by atoms with Crippen LogP contribution in [-0.2, 0) is 4.79 Å². The molecule has 0 aliphatic carbocycles. The molecule has 0 heterocycles. The summed E-state index contributed by atoms with van der Waals surface area (Å²) >= 11 is 0. The van der Waals surface area contributed by atoms with E-state index in [9.17, 15) is 4.79 Å². The molecule has 1 rings (SSSR count). The number of amides is 1. The summed E-state index contributed by atoms with van der Waals surface area (Å²) in [7, 11) is 5.10. The first-order chi connectivity index (χ1) is 7.61. The minimum atomic E-state index is -0.213. The highest BCUT2D eigenvalue weighted by atomic mass is 16.5. The molecule has 0 aliphatic heterocycles. The average Bonchev–Trinajstić information content (AvgIpc) is 2.35. The van der Waals surface area contributed by atoms with Gasteiger partial charge in [0.05, 0.1) is 18.8 Å². The van der Waals surface area contributed by atoms with E-state index >= 15 is 0 Å². The van der Waals surface area contributed by atoms with Crippen molar-refractivity contribution in [2.75, 3.05) is 26.1 Å². The Balaban J connectivity index is 2.95. The van der Waals surface area contributed by atoms with Crippen molar-refractivity contribution in [3.05, 3.63) is 24.3 Å². The van der Waals surface area contributed by atoms with Crippen LogP contribution in [0.15, 0.2) is 24.3 Å². The summed E-state index contributed by atoms with van der Waals surface area (Å²) in [4.78, 5) is 13.5. The molecule has 0 fully saturated rings. The monoisotopic (exact) mass is 222 g/mol. The van der Waals surface area contributed by atoms with Crippen LogP contribution in [0.25, 0.3) is 0 Å². The summed E-state index contributed by atoms with van der Waals surface area (Å²) in [5.74, 6) is 0.702. The Labute approximate surface area is 96.2 Å². The zero-order valence-electron chi connectivity index (χ0n) is 10.2. The van der Waals surface area contributed by atoms with E-state index in [1.54, 1.807) is 26.1 Å². The predicted molar refractivity (Wildman–Crippen MR) is 64.9 cm³/mol. The fourth-order valence-corrected chi connectivity index (χ4v) is 1.44. The molecule has 88 valence electrons. The van der Waals surface area contributed by atoms with Gasteiger partial charge in [-0.25, -0.2) is 0 Å². The molecule has 1 amide bonds. The van der Waals surface area contributed by atoms with Gasteiger partial charge in [-0.05, 0) is 26.1 Å². The molecule has 0 radical (unpaired) electrons. The van der Waals surface area contributed by atoms with Gasteiger partial charge in [0.2, 0.25) is 5.91 Å². The Morgan fingerprint density at radius 3 is 2.62 bits per heavy atom. The molecule has 1 N–H and O–H groups in total. The molecule has 1 atom stereocenters. The third kappa shape index (κ3) is 2.52. The fourth-order valence-electron chi connectivity index (χ4n) is 1.44. The van der Waals surface area contributed by atoms with Crippen LogP contribution in [-0.4, -0.2) is 33.2 Å². The van der Waals surface area contributed by atoms with Crippen molar-refractivity contribution in [1.82, 2.24) is 5.32 Å². The fraction of sp³-hybridized carbons (Fsp3) is 0.417. The van der Waals surface area contributed by atoms with Crippen LogP contribution in [0.3, 0.4) is 0 Å². The average molecular weight is 222 g/mol. The summed E-state index contributed by atoms with van der Waals surface area (Å²) in [5.41, 5.74) is 0.775. The molecule has 0 aliphatic rings. The number of anilines is 1. The second-order valence-corrected chi connectivity index (χ2v) is 3.58. The van der Waals surface area contributed by atoms with Crippen LogP contribution in [0.5, 0.6) is 5.75 Å². The maximum Gasteiger partial charge on any atom is 0.243 e. The van der Waals surface area contributed by atoms with E-state index in [1.165, 1.54) is 0 Å². The first kappa shape index (κ1) is 12.5. The van der Waals surface area contributed by atoms with Crippen molar-refractivity contribution in [3.8, 4) is 5.75 Å². The minimum absolute atomic E-state index is 0.00648. The third-order valence-electron chi connectivity index (χ3n) is 2.58. The molecular formula is C12H18N2O2. The van der Waals surface area contributed by atoms with Crippen LogP contribution < -0.4 is 15.0 Å². The summed E-state index contributed by atoms with van der Waals surface area (Å²) in [5, 5.41) is 2.92. The van der Waals surface area contributed by atoms with Gasteiger partial charge < -0.3 is 15.0 Å². The largest absolute Gasteiger partial charge is 0.495 e. The van der Waals surface area contributed by atoms with Gasteiger partial charge in [-0.3, -0.25) is 4.79 Å². The number of methoxy groups -OCH3 is 1. The van der Waals surface area contributed by atoms with Gasteiger partial charge in [-0.2, -0.15) is 0 Å². The van der Waals surface area contributed by atoms with Crippen molar-refractivity contribution in [1.29, 1.82) is 0 Å². The molecule has 4 nitrogen and oxygen atoms in total. The van der Waals surface area contributed by atoms with Gasteiger partial charge in [0.1, 0.15) is 5.75 Å². The highest BCUT2D eigenvalue weighted by Gasteiger charge is 2.19. The van der Waals surface area contributed by atoms with E-state index in [2.05, 4.69) is 5.32 Å². The number of nitrogens with zero attached hydrogens (tertiary/aromatic N) is 1. The van der Waals surface area contributed by atoms with E-state index < -0.39 is 0 Å². The Hall–Kier alpha value is -1.55. The van der Waals surface area contributed by atoms with Gasteiger partial charge in [-0.1, -0.05) is 12.1 Å². The lowest BCUT2D eigenvalue weighted by atomic mass is 10.2. The van der Waals surface area contributed by atoms with Crippen LogP contribution in [0, 0.1) is 0 Å². The van der Waals surface area contributed by atoms with Crippen molar-refractivity contribution in [3.63, 3.8) is 0 Å². The Morgan fingerprint density at radius 1 is 1.44 bits per heavy atom. The van der Waals surface area contributed by atoms with Gasteiger partial charge >= 0.3 is 0 Å². The van der Waals surface area contributed by atoms with E-state index in [4.69, 9.17) is 4.74 Å². The summed E-state index contributed by atoms with van der Waals surface area (Å²) in [6.45, 7) is 1.83. The first-order valence-electron chi connectivity index (χ1n) is 5.19. The number of para-hydroxylation sites is 2. The van der Waals surface area contributed by atoms with E-state index in [0.29, 0.717) is 5.75 Å². The number of hydrogen-bond acceptors (Lipinski definition) is 3. The molecular weight excluding hydrogens is 204 g/mol. The van der Waals surface area contributed by atoms with Crippen LogP contribution >= 0.6 is 0 Å². The van der Waals surface area contributed by atoms with E-state index in [-0.39, 0.29) is 11.9 Å². The Morgan fingerprint density at radius 2 is 2.06 bits per heavy atom. The third-order valence-corrected chi connectivity index (χ3v) is 2.58. The second-order valence-electron chi connectivity index (χ2n) is 3.58. The van der Waals surface area contributed by atoms with Gasteiger partial charge in [-0.15, -0.1) is 0 Å². The number of ether oxygens (including phenoxy) is 1. The molecule has 0 saturated heterocycles. The number of hydrogen-bond donors (Lipinski definition) is 1. The first-order valence-corrected chi connectivity index (χ1v) is 5.19. The maximum atomic E-state index is 12.0. The zero-order chi connectivity index (χ0) is 12.1. The second kappa shape index (κ2) is 5.51. The number of nitrogens with one attached hydrogen (secondary N) is 1. The quantitative estimate of drug-likeness (QED) is 0.834. The van der Waals surface area contributed by atoms with Crippen LogP contribution in [0.2, 0.25) is 0 Å². The van der Waals surface area contributed by atoms with E-state index in [1.807, 2.05) is 31.2 Å². The standard InChI is InChI=1S/C12H18N2O2/c1-9(13-2)12(15)14(3)10-7-5-6-8-11(10)16-4/h5-9,13H,1-4H3.